The molecule has 0 radical (unpaired) electrons. The Kier molecular flexibility index (Phi) is 5.52. The van der Waals surface area contributed by atoms with E-state index >= 15 is 0 Å². The monoisotopic (exact) mass is 324 g/mol. The summed E-state index contributed by atoms with van der Waals surface area (Å²) < 4.78 is 26.5. The van der Waals surface area contributed by atoms with Gasteiger partial charge in [0.05, 0.1) is 5.75 Å². The Morgan fingerprint density at radius 1 is 1.24 bits per heavy atom. The summed E-state index contributed by atoms with van der Waals surface area (Å²) in [5.74, 6) is 0.116. The van der Waals surface area contributed by atoms with E-state index in [9.17, 15) is 8.42 Å². The summed E-state index contributed by atoms with van der Waals surface area (Å²) in [5.41, 5.74) is 7.75. The zero-order valence-electron chi connectivity index (χ0n) is 12.0. The number of sulfonamides is 1. The summed E-state index contributed by atoms with van der Waals surface area (Å²) >= 11 is 1.58. The van der Waals surface area contributed by atoms with Crippen LogP contribution in [0.2, 0.25) is 0 Å². The van der Waals surface area contributed by atoms with Crippen LogP contribution in [0, 0.1) is 0 Å². The van der Waals surface area contributed by atoms with Crippen LogP contribution in [0.3, 0.4) is 0 Å². The minimum Gasteiger partial charge on any atom is -0.324 e. The average molecular weight is 324 g/mol. The second-order valence-corrected chi connectivity index (χ2v) is 7.96. The maximum Gasteiger partial charge on any atom is 0.212 e. The van der Waals surface area contributed by atoms with E-state index in [1.165, 1.54) is 0 Å². The van der Waals surface area contributed by atoms with Gasteiger partial charge in [-0.2, -0.15) is 0 Å². The van der Waals surface area contributed by atoms with Crippen molar-refractivity contribution in [3.05, 3.63) is 57.8 Å². The molecule has 0 aliphatic carbocycles. The lowest BCUT2D eigenvalue weighted by atomic mass is 10.1. The van der Waals surface area contributed by atoms with Crippen LogP contribution < -0.4 is 10.5 Å². The van der Waals surface area contributed by atoms with Crippen LogP contribution >= 0.6 is 11.3 Å². The van der Waals surface area contributed by atoms with E-state index in [1.807, 2.05) is 48.7 Å². The maximum absolute atomic E-state index is 11.9. The van der Waals surface area contributed by atoms with Crippen LogP contribution in [-0.2, 0) is 23.0 Å². The molecular formula is C15H20N2O2S2. The van der Waals surface area contributed by atoms with Gasteiger partial charge in [-0.15, -0.1) is 11.3 Å². The van der Waals surface area contributed by atoms with Crippen LogP contribution in [0.1, 0.15) is 29.0 Å². The second-order valence-electron chi connectivity index (χ2n) is 5.00. The van der Waals surface area contributed by atoms with Crippen LogP contribution in [0.25, 0.3) is 0 Å². The molecule has 2 rings (SSSR count). The molecule has 1 aromatic heterocycles. The minimum atomic E-state index is -3.25. The van der Waals surface area contributed by atoms with Crippen molar-refractivity contribution in [2.75, 3.05) is 5.75 Å². The summed E-state index contributed by atoms with van der Waals surface area (Å²) in [6.45, 7) is 2.23. The fourth-order valence-electron chi connectivity index (χ4n) is 1.89. The summed E-state index contributed by atoms with van der Waals surface area (Å²) in [6.07, 6.45) is 0.552. The van der Waals surface area contributed by atoms with Crippen LogP contribution in [0.5, 0.6) is 0 Å². The smallest absolute Gasteiger partial charge is 0.212 e. The van der Waals surface area contributed by atoms with Crippen molar-refractivity contribution in [1.82, 2.24) is 4.72 Å². The van der Waals surface area contributed by atoms with E-state index in [0.717, 1.165) is 16.0 Å². The molecule has 1 heterocycles. The topological polar surface area (TPSA) is 72.2 Å². The number of hydrogen-bond acceptors (Lipinski definition) is 4. The third-order valence-corrected chi connectivity index (χ3v) is 5.46. The highest BCUT2D eigenvalue weighted by Gasteiger charge is 2.10. The van der Waals surface area contributed by atoms with Crippen LogP contribution in [0.4, 0.5) is 0 Å². The molecule has 0 saturated carbocycles. The van der Waals surface area contributed by atoms with E-state index in [-0.39, 0.29) is 11.8 Å². The zero-order chi connectivity index (χ0) is 15.3. The number of nitrogens with one attached hydrogen (secondary N) is 1. The highest BCUT2D eigenvalue weighted by atomic mass is 32.2. The summed E-state index contributed by atoms with van der Waals surface area (Å²) in [5, 5.41) is 1.95. The van der Waals surface area contributed by atoms with Gasteiger partial charge in [-0.05, 0) is 35.9 Å². The number of thiophene rings is 1. The molecule has 6 heteroatoms. The Morgan fingerprint density at radius 3 is 2.52 bits per heavy atom. The van der Waals surface area contributed by atoms with E-state index in [1.54, 1.807) is 11.3 Å². The van der Waals surface area contributed by atoms with Crippen molar-refractivity contribution >= 4 is 21.4 Å². The third-order valence-electron chi connectivity index (χ3n) is 3.20. The Labute approximate surface area is 130 Å². The van der Waals surface area contributed by atoms with E-state index in [2.05, 4.69) is 4.72 Å². The van der Waals surface area contributed by atoms with Gasteiger partial charge in [-0.1, -0.05) is 30.3 Å². The molecule has 0 fully saturated rings. The van der Waals surface area contributed by atoms with Gasteiger partial charge in [0.2, 0.25) is 10.0 Å². The molecule has 2 aromatic rings. The molecule has 114 valence electrons. The Balaban J connectivity index is 1.86. The van der Waals surface area contributed by atoms with Crippen molar-refractivity contribution in [2.45, 2.75) is 25.9 Å². The first-order valence-electron chi connectivity index (χ1n) is 6.80. The predicted octanol–water partition coefficient (Wildman–Crippen LogP) is 2.43. The second kappa shape index (κ2) is 7.17. The van der Waals surface area contributed by atoms with Gasteiger partial charge in [-0.25, -0.2) is 13.1 Å². The maximum atomic E-state index is 11.9. The molecule has 0 bridgehead atoms. The van der Waals surface area contributed by atoms with Crippen molar-refractivity contribution in [3.63, 3.8) is 0 Å². The van der Waals surface area contributed by atoms with Gasteiger partial charge in [-0.3, -0.25) is 0 Å². The summed E-state index contributed by atoms with van der Waals surface area (Å²) in [6, 6.07) is 11.5. The number of aryl methyl sites for hydroxylation is 1. The molecule has 1 unspecified atom stereocenters. The first kappa shape index (κ1) is 16.2. The molecule has 1 aromatic carbocycles. The number of nitrogens with two attached hydrogens (primary N) is 1. The lowest BCUT2D eigenvalue weighted by molar-refractivity contribution is 0.580. The standard InChI is InChI=1S/C15H20N2O2S2/c1-12(16)14-6-4-13(5-7-14)11-17-21(18,19)10-8-15-3-2-9-20-15/h2-7,9,12,17H,8,10-11,16H2,1H3. The van der Waals surface area contributed by atoms with Gasteiger partial charge < -0.3 is 5.73 Å². The molecule has 0 saturated heterocycles. The van der Waals surface area contributed by atoms with Gasteiger partial charge in [0.25, 0.3) is 0 Å². The van der Waals surface area contributed by atoms with Gasteiger partial charge in [0.15, 0.2) is 0 Å². The molecule has 0 aliphatic rings. The lowest BCUT2D eigenvalue weighted by Gasteiger charge is -2.08. The molecule has 4 nitrogen and oxygen atoms in total. The fraction of sp³-hybridized carbons (Fsp3) is 0.333. The van der Waals surface area contributed by atoms with Crippen LogP contribution in [0.15, 0.2) is 41.8 Å². The normalized spacial score (nSPS) is 13.2. The SMILES string of the molecule is CC(N)c1ccc(CNS(=O)(=O)CCc2cccs2)cc1. The van der Waals surface area contributed by atoms with Crippen molar-refractivity contribution in [2.24, 2.45) is 5.73 Å². The highest BCUT2D eigenvalue weighted by molar-refractivity contribution is 7.89. The molecule has 0 aliphatic heterocycles. The molecule has 1 atom stereocenters. The Morgan fingerprint density at radius 2 is 1.95 bits per heavy atom. The first-order valence-corrected chi connectivity index (χ1v) is 9.33. The number of hydrogen-bond donors (Lipinski definition) is 2. The Bertz CT molecular complexity index is 647. The fourth-order valence-corrected chi connectivity index (χ4v) is 3.75. The molecule has 3 N–H and O–H groups in total. The van der Waals surface area contributed by atoms with Gasteiger partial charge in [0, 0.05) is 17.5 Å². The predicted molar refractivity (Wildman–Crippen MR) is 87.7 cm³/mol. The average Bonchev–Trinajstić information content (AvgIpc) is 2.97. The highest BCUT2D eigenvalue weighted by Crippen LogP contribution is 2.12. The van der Waals surface area contributed by atoms with Crippen LogP contribution in [-0.4, -0.2) is 14.2 Å². The quantitative estimate of drug-likeness (QED) is 0.821. The van der Waals surface area contributed by atoms with Crippen molar-refractivity contribution in [3.8, 4) is 0 Å². The first-order chi connectivity index (χ1) is 9.96. The van der Waals surface area contributed by atoms with Gasteiger partial charge in [0.1, 0.15) is 0 Å². The van der Waals surface area contributed by atoms with E-state index < -0.39 is 10.0 Å². The molecule has 0 spiro atoms. The van der Waals surface area contributed by atoms with Crippen molar-refractivity contribution < 1.29 is 8.42 Å². The molecule has 21 heavy (non-hydrogen) atoms. The summed E-state index contributed by atoms with van der Waals surface area (Å²) in [7, 11) is -3.25. The largest absolute Gasteiger partial charge is 0.324 e. The van der Waals surface area contributed by atoms with E-state index in [4.69, 9.17) is 5.73 Å². The zero-order valence-corrected chi connectivity index (χ0v) is 13.6. The molecular weight excluding hydrogens is 304 g/mol. The number of rotatable bonds is 7. The molecule has 0 amide bonds. The minimum absolute atomic E-state index is 0.0125. The van der Waals surface area contributed by atoms with Gasteiger partial charge >= 0.3 is 0 Å². The Hall–Kier alpha value is -1.21. The number of benzene rings is 1. The third kappa shape index (κ3) is 5.24. The van der Waals surface area contributed by atoms with E-state index in [0.29, 0.717) is 13.0 Å². The summed E-state index contributed by atoms with van der Waals surface area (Å²) in [4.78, 5) is 1.08. The lowest BCUT2D eigenvalue weighted by Crippen LogP contribution is -2.26. The van der Waals surface area contributed by atoms with Crippen molar-refractivity contribution in [1.29, 1.82) is 0 Å².